The van der Waals surface area contributed by atoms with E-state index < -0.39 is 5.82 Å². The minimum Gasteiger partial charge on any atom is -0.381 e. The van der Waals surface area contributed by atoms with E-state index in [4.69, 9.17) is 5.26 Å². The molecular weight excluding hydrogens is 241 g/mol. The first-order valence-corrected chi connectivity index (χ1v) is 6.53. The molecule has 0 spiro atoms. The number of halogens is 1. The maximum Gasteiger partial charge on any atom is 0.143 e. The van der Waals surface area contributed by atoms with E-state index in [9.17, 15) is 4.39 Å². The highest BCUT2D eigenvalue weighted by Crippen LogP contribution is 2.17. The Balaban J connectivity index is 2.78. The average Bonchev–Trinajstić information content (AvgIpc) is 2.27. The van der Waals surface area contributed by atoms with Crippen LogP contribution in [0.1, 0.15) is 25.8 Å². The van der Waals surface area contributed by atoms with Crippen LogP contribution in [0, 0.1) is 23.1 Å². The number of nitrogens with one attached hydrogen (secondary N) is 1. The van der Waals surface area contributed by atoms with Gasteiger partial charge in [0.2, 0.25) is 0 Å². The smallest absolute Gasteiger partial charge is 0.143 e. The number of rotatable bonds is 6. The van der Waals surface area contributed by atoms with Crippen LogP contribution < -0.4 is 5.32 Å². The second-order valence-electron chi connectivity index (χ2n) is 5.54. The largest absolute Gasteiger partial charge is 0.381 e. The minimum atomic E-state index is -0.472. The highest BCUT2D eigenvalue weighted by molar-refractivity contribution is 5.48. The van der Waals surface area contributed by atoms with Crippen molar-refractivity contribution in [1.82, 2.24) is 4.90 Å². The normalized spacial score (nSPS) is 12.5. The molecule has 0 aliphatic rings. The Morgan fingerprint density at radius 3 is 2.53 bits per heavy atom. The van der Waals surface area contributed by atoms with E-state index in [1.54, 1.807) is 6.07 Å². The van der Waals surface area contributed by atoms with Crippen LogP contribution in [0.2, 0.25) is 0 Å². The molecule has 0 amide bonds. The predicted molar refractivity (Wildman–Crippen MR) is 76.5 cm³/mol. The number of nitriles is 1. The standard InChI is InChI=1S/C15H22FN3/c1-11(2)7-14(10-19(3)4)18-13-6-5-12(9-17)15(16)8-13/h5-6,8,11,14,18H,7,10H2,1-4H3. The lowest BCUT2D eigenvalue weighted by molar-refractivity contribution is 0.356. The van der Waals surface area contributed by atoms with Gasteiger partial charge >= 0.3 is 0 Å². The van der Waals surface area contributed by atoms with E-state index in [2.05, 4.69) is 24.1 Å². The van der Waals surface area contributed by atoms with E-state index in [0.717, 1.165) is 18.7 Å². The van der Waals surface area contributed by atoms with Crippen molar-refractivity contribution in [2.45, 2.75) is 26.3 Å². The summed E-state index contributed by atoms with van der Waals surface area (Å²) in [5, 5.41) is 12.1. The molecule has 4 heteroatoms. The molecule has 1 rings (SSSR count). The Labute approximate surface area is 115 Å². The van der Waals surface area contributed by atoms with Crippen LogP contribution in [0.15, 0.2) is 18.2 Å². The number of hydrogen-bond donors (Lipinski definition) is 1. The molecule has 0 heterocycles. The molecule has 3 nitrogen and oxygen atoms in total. The summed E-state index contributed by atoms with van der Waals surface area (Å²) >= 11 is 0. The average molecular weight is 263 g/mol. The van der Waals surface area contributed by atoms with Gasteiger partial charge in [-0.05, 0) is 44.6 Å². The SMILES string of the molecule is CC(C)CC(CN(C)C)Nc1ccc(C#N)c(F)c1. The predicted octanol–water partition coefficient (Wildman–Crippen LogP) is 3.09. The van der Waals surface area contributed by atoms with Crippen molar-refractivity contribution < 1.29 is 4.39 Å². The van der Waals surface area contributed by atoms with Gasteiger partial charge in [0, 0.05) is 18.3 Å². The summed E-state index contributed by atoms with van der Waals surface area (Å²) in [6, 6.07) is 6.75. The second kappa shape index (κ2) is 7.10. The third-order valence-electron chi connectivity index (χ3n) is 2.80. The van der Waals surface area contributed by atoms with Crippen LogP contribution >= 0.6 is 0 Å². The van der Waals surface area contributed by atoms with Gasteiger partial charge in [-0.15, -0.1) is 0 Å². The highest BCUT2D eigenvalue weighted by Gasteiger charge is 2.13. The lowest BCUT2D eigenvalue weighted by atomic mass is 10.0. The van der Waals surface area contributed by atoms with Gasteiger partial charge in [-0.3, -0.25) is 0 Å². The summed E-state index contributed by atoms with van der Waals surface area (Å²) in [5.41, 5.74) is 0.808. The molecule has 0 fully saturated rings. The van der Waals surface area contributed by atoms with Crippen molar-refractivity contribution in [3.05, 3.63) is 29.6 Å². The van der Waals surface area contributed by atoms with E-state index in [0.29, 0.717) is 5.92 Å². The Bertz CT molecular complexity index is 439. The molecule has 1 N–H and O–H groups in total. The zero-order chi connectivity index (χ0) is 14.4. The van der Waals surface area contributed by atoms with Crippen molar-refractivity contribution in [1.29, 1.82) is 5.26 Å². The fourth-order valence-electron chi connectivity index (χ4n) is 2.12. The van der Waals surface area contributed by atoms with Crippen molar-refractivity contribution in [2.24, 2.45) is 5.92 Å². The molecule has 0 aromatic heterocycles. The monoisotopic (exact) mass is 263 g/mol. The van der Waals surface area contributed by atoms with E-state index in [1.165, 1.54) is 12.1 Å². The number of nitrogens with zero attached hydrogens (tertiary/aromatic N) is 2. The van der Waals surface area contributed by atoms with Gasteiger partial charge in [0.1, 0.15) is 11.9 Å². The molecule has 1 unspecified atom stereocenters. The molecule has 0 saturated carbocycles. The number of hydrogen-bond acceptors (Lipinski definition) is 3. The molecule has 0 aliphatic heterocycles. The zero-order valence-corrected chi connectivity index (χ0v) is 12.1. The third kappa shape index (κ3) is 5.27. The van der Waals surface area contributed by atoms with Crippen LogP contribution in [0.3, 0.4) is 0 Å². The lowest BCUT2D eigenvalue weighted by Gasteiger charge is -2.25. The van der Waals surface area contributed by atoms with Gasteiger partial charge in [0.25, 0.3) is 0 Å². The summed E-state index contributed by atoms with van der Waals surface area (Å²) in [5.74, 6) is 0.0985. The summed E-state index contributed by atoms with van der Waals surface area (Å²) in [6.07, 6.45) is 1.01. The van der Waals surface area contributed by atoms with Crippen molar-refractivity contribution in [3.8, 4) is 6.07 Å². The van der Waals surface area contributed by atoms with E-state index >= 15 is 0 Å². The zero-order valence-electron chi connectivity index (χ0n) is 12.1. The number of anilines is 1. The van der Waals surface area contributed by atoms with Crippen LogP contribution in [-0.4, -0.2) is 31.6 Å². The maximum absolute atomic E-state index is 13.6. The van der Waals surface area contributed by atoms with Crippen molar-refractivity contribution in [3.63, 3.8) is 0 Å². The third-order valence-corrected chi connectivity index (χ3v) is 2.80. The van der Waals surface area contributed by atoms with Crippen LogP contribution in [0.25, 0.3) is 0 Å². The van der Waals surface area contributed by atoms with E-state index in [1.807, 2.05) is 20.2 Å². The Kier molecular flexibility index (Phi) is 5.78. The van der Waals surface area contributed by atoms with E-state index in [-0.39, 0.29) is 11.6 Å². The number of likely N-dealkylation sites (N-methyl/N-ethyl adjacent to an activating group) is 1. The summed E-state index contributed by atoms with van der Waals surface area (Å²) in [6.45, 7) is 5.23. The second-order valence-corrected chi connectivity index (χ2v) is 5.54. The molecular formula is C15H22FN3. The summed E-state index contributed by atoms with van der Waals surface area (Å²) < 4.78 is 13.6. The quantitative estimate of drug-likeness (QED) is 0.857. The van der Waals surface area contributed by atoms with Crippen LogP contribution in [-0.2, 0) is 0 Å². The highest BCUT2D eigenvalue weighted by atomic mass is 19.1. The van der Waals surface area contributed by atoms with Gasteiger partial charge < -0.3 is 10.2 Å². The first kappa shape index (κ1) is 15.5. The lowest BCUT2D eigenvalue weighted by Crippen LogP contribution is -2.33. The fraction of sp³-hybridized carbons (Fsp3) is 0.533. The Morgan fingerprint density at radius 1 is 1.37 bits per heavy atom. The first-order valence-electron chi connectivity index (χ1n) is 6.53. The molecule has 0 saturated heterocycles. The first-order chi connectivity index (χ1) is 8.92. The Morgan fingerprint density at radius 2 is 2.05 bits per heavy atom. The van der Waals surface area contributed by atoms with Gasteiger partial charge in [-0.25, -0.2) is 4.39 Å². The molecule has 104 valence electrons. The minimum absolute atomic E-state index is 0.0820. The molecule has 0 aliphatic carbocycles. The van der Waals surface area contributed by atoms with Gasteiger partial charge in [-0.2, -0.15) is 5.26 Å². The molecule has 0 bridgehead atoms. The van der Waals surface area contributed by atoms with Crippen molar-refractivity contribution in [2.75, 3.05) is 26.0 Å². The topological polar surface area (TPSA) is 39.1 Å². The molecule has 1 atom stereocenters. The van der Waals surface area contributed by atoms with Crippen LogP contribution in [0.5, 0.6) is 0 Å². The number of benzene rings is 1. The molecule has 19 heavy (non-hydrogen) atoms. The summed E-state index contributed by atoms with van der Waals surface area (Å²) in [4.78, 5) is 2.11. The fourth-order valence-corrected chi connectivity index (χ4v) is 2.12. The maximum atomic E-state index is 13.6. The molecule has 0 radical (unpaired) electrons. The van der Waals surface area contributed by atoms with Crippen LogP contribution in [0.4, 0.5) is 10.1 Å². The van der Waals surface area contributed by atoms with Gasteiger partial charge in [0.15, 0.2) is 0 Å². The van der Waals surface area contributed by atoms with Gasteiger partial charge in [-0.1, -0.05) is 13.8 Å². The summed E-state index contributed by atoms with van der Waals surface area (Å²) in [7, 11) is 4.04. The molecule has 1 aromatic carbocycles. The Hall–Kier alpha value is -1.60. The molecule has 1 aromatic rings. The van der Waals surface area contributed by atoms with Gasteiger partial charge in [0.05, 0.1) is 5.56 Å². The van der Waals surface area contributed by atoms with Crippen molar-refractivity contribution >= 4 is 5.69 Å².